The molecule has 1 aliphatic rings. The lowest BCUT2D eigenvalue weighted by Gasteiger charge is -2.16. The van der Waals surface area contributed by atoms with E-state index in [2.05, 4.69) is 25.6 Å². The number of ether oxygens (including phenoxy) is 1. The summed E-state index contributed by atoms with van der Waals surface area (Å²) in [5.74, 6) is 0.843. The number of urea groups is 1. The summed E-state index contributed by atoms with van der Waals surface area (Å²) in [5.41, 5.74) is -3.99. The van der Waals surface area contributed by atoms with Crippen LogP contribution in [0.15, 0.2) is 29.2 Å². The smallest absolute Gasteiger partial charge is 0.446 e. The van der Waals surface area contributed by atoms with E-state index in [1.807, 2.05) is 4.90 Å². The third-order valence-corrected chi connectivity index (χ3v) is 4.71. The molecule has 2 amide bonds. The molecular formula is C17H19F3N6O2S. The van der Waals surface area contributed by atoms with Crippen molar-refractivity contribution >= 4 is 29.4 Å². The van der Waals surface area contributed by atoms with Crippen molar-refractivity contribution < 1.29 is 22.7 Å². The third kappa shape index (κ3) is 6.38. The first-order chi connectivity index (χ1) is 13.8. The summed E-state index contributed by atoms with van der Waals surface area (Å²) < 4.78 is 42.2. The molecule has 0 radical (unpaired) electrons. The van der Waals surface area contributed by atoms with Crippen LogP contribution in [-0.4, -0.2) is 46.7 Å². The Morgan fingerprint density at radius 3 is 2.48 bits per heavy atom. The molecule has 1 aromatic heterocycles. The quantitative estimate of drug-likeness (QED) is 0.681. The number of hydrogen-bond donors (Lipinski definition) is 2. The predicted octanol–water partition coefficient (Wildman–Crippen LogP) is 3.41. The topological polar surface area (TPSA) is 92.3 Å². The van der Waals surface area contributed by atoms with Gasteiger partial charge in [-0.3, -0.25) is 0 Å². The van der Waals surface area contributed by atoms with Crippen molar-refractivity contribution in [2.24, 2.45) is 0 Å². The van der Waals surface area contributed by atoms with Gasteiger partial charge in [0.1, 0.15) is 0 Å². The first kappa shape index (κ1) is 21.0. The molecule has 0 unspecified atom stereocenters. The van der Waals surface area contributed by atoms with Crippen LogP contribution in [-0.2, 0) is 6.54 Å². The highest BCUT2D eigenvalue weighted by Crippen LogP contribution is 2.37. The summed E-state index contributed by atoms with van der Waals surface area (Å²) in [6.45, 7) is 1.74. The van der Waals surface area contributed by atoms with Gasteiger partial charge in [-0.05, 0) is 48.9 Å². The highest BCUT2D eigenvalue weighted by molar-refractivity contribution is 8.00. The van der Waals surface area contributed by atoms with Crippen LogP contribution in [0.4, 0.5) is 29.6 Å². The number of anilines is 2. The normalized spacial score (nSPS) is 14.0. The fourth-order valence-corrected chi connectivity index (χ4v) is 3.23. The second-order valence-electron chi connectivity index (χ2n) is 6.11. The van der Waals surface area contributed by atoms with Crippen LogP contribution in [0.2, 0.25) is 0 Å². The van der Waals surface area contributed by atoms with Crippen LogP contribution < -0.4 is 20.3 Å². The second-order valence-corrected chi connectivity index (χ2v) is 7.25. The van der Waals surface area contributed by atoms with Crippen LogP contribution in [0.3, 0.4) is 0 Å². The molecule has 8 nitrogen and oxygen atoms in total. The first-order valence-corrected chi connectivity index (χ1v) is 9.58. The molecule has 29 heavy (non-hydrogen) atoms. The highest BCUT2D eigenvalue weighted by Gasteiger charge is 2.29. The van der Waals surface area contributed by atoms with Gasteiger partial charge in [0, 0.05) is 23.7 Å². The number of rotatable bonds is 6. The third-order valence-electron chi connectivity index (χ3n) is 3.97. The number of hydrogen-bond acceptors (Lipinski definition) is 7. The standard InChI is InChI=1S/C17H19F3N6O2S/c1-28-16-24-13(23-14(25-16)26-8-2-3-9-26)10-21-15(27)22-11-4-6-12(7-5-11)29-17(18,19)20/h4-7H,2-3,8-10H2,1H3,(H2,21,22,27). The van der Waals surface area contributed by atoms with E-state index in [9.17, 15) is 18.0 Å². The Balaban J connectivity index is 1.57. The van der Waals surface area contributed by atoms with Gasteiger partial charge in [0.25, 0.3) is 0 Å². The number of carbonyl (C=O) groups excluding carboxylic acids is 1. The fourth-order valence-electron chi connectivity index (χ4n) is 2.69. The van der Waals surface area contributed by atoms with Crippen molar-refractivity contribution in [3.8, 4) is 6.01 Å². The number of aromatic nitrogens is 3. The van der Waals surface area contributed by atoms with E-state index in [4.69, 9.17) is 4.74 Å². The SMILES string of the molecule is COc1nc(CNC(=O)Nc2ccc(SC(F)(F)F)cc2)nc(N2CCCC2)n1. The summed E-state index contributed by atoms with van der Waals surface area (Å²) in [7, 11) is 1.45. The number of benzene rings is 1. The summed E-state index contributed by atoms with van der Waals surface area (Å²) in [6, 6.07) is 4.98. The predicted molar refractivity (Wildman–Crippen MR) is 102 cm³/mol. The Bertz CT molecular complexity index is 844. The van der Waals surface area contributed by atoms with Gasteiger partial charge in [0.2, 0.25) is 5.95 Å². The van der Waals surface area contributed by atoms with Crippen molar-refractivity contribution in [1.29, 1.82) is 0 Å². The van der Waals surface area contributed by atoms with Gasteiger partial charge in [0.05, 0.1) is 13.7 Å². The Labute approximate surface area is 169 Å². The van der Waals surface area contributed by atoms with Crippen LogP contribution in [0.25, 0.3) is 0 Å². The first-order valence-electron chi connectivity index (χ1n) is 8.77. The molecule has 0 spiro atoms. The maximum absolute atomic E-state index is 12.3. The lowest BCUT2D eigenvalue weighted by atomic mass is 10.3. The molecule has 156 valence electrons. The van der Waals surface area contributed by atoms with Crippen LogP contribution in [0, 0.1) is 0 Å². The molecule has 0 saturated carbocycles. The largest absolute Gasteiger partial charge is 0.467 e. The molecule has 3 rings (SSSR count). The Kier molecular flexibility index (Phi) is 6.62. The average molecular weight is 428 g/mol. The molecule has 0 bridgehead atoms. The number of methoxy groups -OCH3 is 1. The Morgan fingerprint density at radius 2 is 1.86 bits per heavy atom. The van der Waals surface area contributed by atoms with Crippen LogP contribution in [0.1, 0.15) is 18.7 Å². The number of amides is 2. The van der Waals surface area contributed by atoms with Gasteiger partial charge in [-0.15, -0.1) is 0 Å². The van der Waals surface area contributed by atoms with Crippen molar-refractivity contribution in [1.82, 2.24) is 20.3 Å². The highest BCUT2D eigenvalue weighted by atomic mass is 32.2. The molecule has 0 atom stereocenters. The molecule has 1 aliphatic heterocycles. The molecule has 2 heterocycles. The van der Waals surface area contributed by atoms with E-state index >= 15 is 0 Å². The number of carbonyl (C=O) groups is 1. The number of thioether (sulfide) groups is 1. The molecule has 2 aromatic rings. The van der Waals surface area contributed by atoms with Gasteiger partial charge in [0.15, 0.2) is 5.82 Å². The van der Waals surface area contributed by atoms with Gasteiger partial charge in [-0.1, -0.05) is 0 Å². The number of halogens is 3. The van der Waals surface area contributed by atoms with Crippen molar-refractivity contribution in [3.63, 3.8) is 0 Å². The van der Waals surface area contributed by atoms with E-state index in [1.165, 1.54) is 31.4 Å². The van der Waals surface area contributed by atoms with Crippen molar-refractivity contribution in [3.05, 3.63) is 30.1 Å². The van der Waals surface area contributed by atoms with Gasteiger partial charge >= 0.3 is 17.5 Å². The summed E-state index contributed by atoms with van der Waals surface area (Å²) in [5, 5.41) is 5.15. The molecular weight excluding hydrogens is 409 g/mol. The van der Waals surface area contributed by atoms with Gasteiger partial charge in [-0.25, -0.2) is 4.79 Å². The zero-order valence-electron chi connectivity index (χ0n) is 15.5. The van der Waals surface area contributed by atoms with E-state index in [0.29, 0.717) is 17.5 Å². The summed E-state index contributed by atoms with van der Waals surface area (Å²) >= 11 is -0.216. The summed E-state index contributed by atoms with van der Waals surface area (Å²) in [6.07, 6.45) is 2.12. The maximum Gasteiger partial charge on any atom is 0.446 e. The minimum atomic E-state index is -4.36. The van der Waals surface area contributed by atoms with Crippen LogP contribution >= 0.6 is 11.8 Å². The lowest BCUT2D eigenvalue weighted by molar-refractivity contribution is -0.0328. The molecule has 12 heteroatoms. The molecule has 0 aliphatic carbocycles. The summed E-state index contributed by atoms with van der Waals surface area (Å²) in [4.78, 5) is 26.9. The maximum atomic E-state index is 12.3. The molecule has 2 N–H and O–H groups in total. The fraction of sp³-hybridized carbons (Fsp3) is 0.412. The van der Waals surface area contributed by atoms with Crippen LogP contribution in [0.5, 0.6) is 6.01 Å². The van der Waals surface area contributed by atoms with E-state index < -0.39 is 11.5 Å². The number of nitrogens with one attached hydrogen (secondary N) is 2. The molecule has 1 saturated heterocycles. The monoisotopic (exact) mass is 428 g/mol. The van der Waals surface area contributed by atoms with Gasteiger partial charge in [-0.2, -0.15) is 28.1 Å². The Hall–Kier alpha value is -2.76. The van der Waals surface area contributed by atoms with E-state index in [0.717, 1.165) is 25.9 Å². The van der Waals surface area contributed by atoms with Crippen molar-refractivity contribution in [2.75, 3.05) is 30.4 Å². The van der Waals surface area contributed by atoms with E-state index in [-0.39, 0.29) is 29.2 Å². The minimum absolute atomic E-state index is 0.0353. The van der Waals surface area contributed by atoms with Crippen molar-refractivity contribution in [2.45, 2.75) is 29.8 Å². The number of alkyl halides is 3. The molecule has 1 fully saturated rings. The minimum Gasteiger partial charge on any atom is -0.467 e. The number of nitrogens with zero attached hydrogens (tertiary/aromatic N) is 4. The van der Waals surface area contributed by atoms with E-state index in [1.54, 1.807) is 0 Å². The second kappa shape index (κ2) is 9.16. The molecule has 1 aromatic carbocycles. The zero-order chi connectivity index (χ0) is 20.9. The average Bonchev–Trinajstić information content (AvgIpc) is 3.21. The zero-order valence-corrected chi connectivity index (χ0v) is 16.3. The Morgan fingerprint density at radius 1 is 1.17 bits per heavy atom. The van der Waals surface area contributed by atoms with Gasteiger partial charge < -0.3 is 20.3 Å². The lowest BCUT2D eigenvalue weighted by Crippen LogP contribution is -2.29.